The zero-order chi connectivity index (χ0) is 19.2. The molecule has 27 heavy (non-hydrogen) atoms. The molecule has 0 saturated carbocycles. The van der Waals surface area contributed by atoms with E-state index in [-0.39, 0.29) is 11.7 Å². The van der Waals surface area contributed by atoms with Crippen LogP contribution in [-0.4, -0.2) is 26.8 Å². The van der Waals surface area contributed by atoms with Gasteiger partial charge in [-0.25, -0.2) is 9.48 Å². The van der Waals surface area contributed by atoms with Crippen molar-refractivity contribution < 1.29 is 9.53 Å². The highest BCUT2D eigenvalue weighted by molar-refractivity contribution is 5.98. The molecule has 2 heterocycles. The van der Waals surface area contributed by atoms with E-state index < -0.39 is 5.97 Å². The monoisotopic (exact) mass is 358 g/mol. The van der Waals surface area contributed by atoms with Crippen LogP contribution < -0.4 is 0 Å². The number of para-hydroxylation sites is 1. The van der Waals surface area contributed by atoms with Gasteiger partial charge in [0, 0.05) is 29.7 Å². The number of nitrogens with zero attached hydrogens (tertiary/aromatic N) is 4. The van der Waals surface area contributed by atoms with Crippen LogP contribution in [0.15, 0.2) is 66.6 Å². The second-order valence-electron chi connectivity index (χ2n) is 6.08. The number of nitriles is 1. The molecule has 6 heteroatoms. The third kappa shape index (κ3) is 4.28. The third-order valence-electron chi connectivity index (χ3n) is 3.68. The van der Waals surface area contributed by atoms with Gasteiger partial charge in [-0.3, -0.25) is 4.98 Å². The average Bonchev–Trinajstić information content (AvgIpc) is 3.11. The number of pyridine rings is 1. The predicted molar refractivity (Wildman–Crippen MR) is 102 cm³/mol. The van der Waals surface area contributed by atoms with Gasteiger partial charge in [0.1, 0.15) is 17.3 Å². The molecular formula is C21H18N4O2. The molecule has 0 aliphatic heterocycles. The third-order valence-corrected chi connectivity index (χ3v) is 3.68. The first-order chi connectivity index (χ1) is 13.1. The van der Waals surface area contributed by atoms with Crippen LogP contribution in [-0.2, 0) is 9.53 Å². The molecular weight excluding hydrogens is 340 g/mol. The summed E-state index contributed by atoms with van der Waals surface area (Å²) in [6.07, 6.45) is 6.33. The largest absolute Gasteiger partial charge is 0.459 e. The number of carbonyl (C=O) groups is 1. The minimum Gasteiger partial charge on any atom is -0.459 e. The van der Waals surface area contributed by atoms with Gasteiger partial charge < -0.3 is 4.74 Å². The van der Waals surface area contributed by atoms with Crippen molar-refractivity contribution >= 4 is 12.0 Å². The van der Waals surface area contributed by atoms with Crippen LogP contribution in [0.3, 0.4) is 0 Å². The molecule has 2 aromatic heterocycles. The fraction of sp³-hybridized carbons (Fsp3) is 0.143. The summed E-state index contributed by atoms with van der Waals surface area (Å²) in [4.78, 5) is 16.3. The lowest BCUT2D eigenvalue weighted by atomic mass is 10.1. The number of benzene rings is 1. The van der Waals surface area contributed by atoms with E-state index in [0.29, 0.717) is 11.3 Å². The maximum atomic E-state index is 12.2. The van der Waals surface area contributed by atoms with Crippen molar-refractivity contribution in [3.05, 3.63) is 72.2 Å². The molecule has 3 aromatic rings. The van der Waals surface area contributed by atoms with Gasteiger partial charge >= 0.3 is 5.97 Å². The van der Waals surface area contributed by atoms with Crippen molar-refractivity contribution in [2.75, 3.05) is 0 Å². The summed E-state index contributed by atoms with van der Waals surface area (Å²) in [6.45, 7) is 3.47. The van der Waals surface area contributed by atoms with Gasteiger partial charge in [-0.05, 0) is 44.2 Å². The van der Waals surface area contributed by atoms with Crippen LogP contribution in [0, 0.1) is 11.3 Å². The van der Waals surface area contributed by atoms with Crippen molar-refractivity contribution in [1.82, 2.24) is 14.8 Å². The minimum absolute atomic E-state index is 0.0820. The Balaban J connectivity index is 2.10. The van der Waals surface area contributed by atoms with Crippen LogP contribution >= 0.6 is 0 Å². The number of hydrogen-bond acceptors (Lipinski definition) is 5. The first-order valence-electron chi connectivity index (χ1n) is 8.46. The van der Waals surface area contributed by atoms with Gasteiger partial charge in [0.05, 0.1) is 11.8 Å². The van der Waals surface area contributed by atoms with Crippen LogP contribution in [0.1, 0.15) is 19.4 Å². The Bertz CT molecular complexity index is 1000. The van der Waals surface area contributed by atoms with E-state index in [9.17, 15) is 10.1 Å². The first kappa shape index (κ1) is 18.1. The van der Waals surface area contributed by atoms with E-state index in [4.69, 9.17) is 4.74 Å². The molecule has 134 valence electrons. The Morgan fingerprint density at radius 2 is 2.00 bits per heavy atom. The lowest BCUT2D eigenvalue weighted by molar-refractivity contribution is -0.142. The van der Waals surface area contributed by atoms with E-state index in [1.165, 1.54) is 6.08 Å². The van der Waals surface area contributed by atoms with Crippen LogP contribution in [0.4, 0.5) is 0 Å². The van der Waals surface area contributed by atoms with E-state index in [1.807, 2.05) is 48.5 Å². The average molecular weight is 358 g/mol. The highest BCUT2D eigenvalue weighted by atomic mass is 16.5. The number of ether oxygens (including phenoxy) is 1. The predicted octanol–water partition coefficient (Wildman–Crippen LogP) is 3.79. The number of esters is 1. The minimum atomic E-state index is -0.655. The highest BCUT2D eigenvalue weighted by Crippen LogP contribution is 2.25. The summed E-state index contributed by atoms with van der Waals surface area (Å²) in [5.41, 5.74) is 2.82. The van der Waals surface area contributed by atoms with Crippen LogP contribution in [0.2, 0.25) is 0 Å². The van der Waals surface area contributed by atoms with Gasteiger partial charge in [-0.2, -0.15) is 10.4 Å². The van der Waals surface area contributed by atoms with Crippen LogP contribution in [0.25, 0.3) is 23.0 Å². The molecule has 6 nitrogen and oxygen atoms in total. The highest BCUT2D eigenvalue weighted by Gasteiger charge is 2.16. The normalized spacial score (nSPS) is 11.3. The Hall–Kier alpha value is -3.72. The Kier molecular flexibility index (Phi) is 5.43. The second-order valence-corrected chi connectivity index (χ2v) is 6.08. The summed E-state index contributed by atoms with van der Waals surface area (Å²) >= 11 is 0. The SMILES string of the molecule is CC(C)OC(=O)/C(C#N)=C/c1cn(-c2ccccc2)nc1-c1cccnc1. The summed E-state index contributed by atoms with van der Waals surface area (Å²) < 4.78 is 6.85. The number of aromatic nitrogens is 3. The standard InChI is InChI=1S/C21H18N4O2/c1-15(2)27-21(26)17(12-22)11-18-14-25(19-8-4-3-5-9-19)24-20(18)16-7-6-10-23-13-16/h3-11,13-15H,1-2H3/b17-11+. The number of rotatable bonds is 5. The smallest absolute Gasteiger partial charge is 0.349 e. The van der Waals surface area contributed by atoms with Crippen LogP contribution in [0.5, 0.6) is 0 Å². The molecule has 0 spiro atoms. The molecule has 0 saturated heterocycles. The van der Waals surface area contributed by atoms with E-state index in [0.717, 1.165) is 11.3 Å². The zero-order valence-electron chi connectivity index (χ0n) is 15.0. The molecule has 0 aliphatic carbocycles. The number of hydrogen-bond donors (Lipinski definition) is 0. The molecule has 0 aliphatic rings. The molecule has 0 amide bonds. The fourth-order valence-electron chi connectivity index (χ4n) is 2.50. The van der Waals surface area contributed by atoms with E-state index in [1.54, 1.807) is 37.1 Å². The first-order valence-corrected chi connectivity index (χ1v) is 8.46. The molecule has 1 aromatic carbocycles. The summed E-state index contributed by atoms with van der Waals surface area (Å²) in [7, 11) is 0. The second kappa shape index (κ2) is 8.11. The maximum Gasteiger partial charge on any atom is 0.349 e. The zero-order valence-corrected chi connectivity index (χ0v) is 15.0. The van der Waals surface area contributed by atoms with Gasteiger partial charge in [-0.15, -0.1) is 0 Å². The van der Waals surface area contributed by atoms with Crippen molar-refractivity contribution in [1.29, 1.82) is 5.26 Å². The summed E-state index contributed by atoms with van der Waals surface area (Å²) in [5.74, 6) is -0.655. The van der Waals surface area contributed by atoms with Gasteiger partial charge in [0.25, 0.3) is 0 Å². The molecule has 3 rings (SSSR count). The molecule has 0 unspecified atom stereocenters. The molecule has 0 bridgehead atoms. The lowest BCUT2D eigenvalue weighted by Crippen LogP contribution is -2.12. The molecule has 0 fully saturated rings. The quantitative estimate of drug-likeness (QED) is 0.394. The Labute approximate surface area is 157 Å². The number of carbonyl (C=O) groups excluding carboxylic acids is 1. The van der Waals surface area contributed by atoms with Gasteiger partial charge in [0.15, 0.2) is 0 Å². The van der Waals surface area contributed by atoms with E-state index >= 15 is 0 Å². The Morgan fingerprint density at radius 1 is 1.22 bits per heavy atom. The van der Waals surface area contributed by atoms with E-state index in [2.05, 4.69) is 10.1 Å². The Morgan fingerprint density at radius 3 is 2.63 bits per heavy atom. The van der Waals surface area contributed by atoms with Gasteiger partial charge in [-0.1, -0.05) is 18.2 Å². The lowest BCUT2D eigenvalue weighted by Gasteiger charge is -2.06. The maximum absolute atomic E-state index is 12.2. The molecule has 0 atom stereocenters. The van der Waals surface area contributed by atoms with Gasteiger partial charge in [0.2, 0.25) is 0 Å². The molecule has 0 N–H and O–H groups in total. The summed E-state index contributed by atoms with van der Waals surface area (Å²) in [6, 6.07) is 15.2. The van der Waals surface area contributed by atoms with Crippen molar-refractivity contribution in [2.45, 2.75) is 20.0 Å². The van der Waals surface area contributed by atoms with Crippen molar-refractivity contribution in [2.24, 2.45) is 0 Å². The van der Waals surface area contributed by atoms with Crippen molar-refractivity contribution in [3.63, 3.8) is 0 Å². The fourth-order valence-corrected chi connectivity index (χ4v) is 2.50. The molecule has 0 radical (unpaired) electrons. The summed E-state index contributed by atoms with van der Waals surface area (Å²) in [5, 5.41) is 14.0. The topological polar surface area (TPSA) is 80.8 Å². The van der Waals surface area contributed by atoms with Crippen molar-refractivity contribution in [3.8, 4) is 23.0 Å².